The van der Waals surface area contributed by atoms with Crippen molar-refractivity contribution in [3.05, 3.63) is 15.9 Å². The van der Waals surface area contributed by atoms with Gasteiger partial charge in [0.05, 0.1) is 3.79 Å². The van der Waals surface area contributed by atoms with Crippen LogP contribution in [0.2, 0.25) is 0 Å². The molecular formula is C9H11BrF3NO2S2. The van der Waals surface area contributed by atoms with Crippen LogP contribution in [0.5, 0.6) is 0 Å². The third kappa shape index (κ3) is 5.68. The Morgan fingerprint density at radius 1 is 1.28 bits per heavy atom. The molecule has 0 amide bonds. The van der Waals surface area contributed by atoms with Gasteiger partial charge < -0.3 is 0 Å². The molecule has 0 radical (unpaired) electrons. The summed E-state index contributed by atoms with van der Waals surface area (Å²) in [6.45, 7) is 0.00787. The first-order chi connectivity index (χ1) is 8.21. The molecule has 1 aromatic rings. The van der Waals surface area contributed by atoms with E-state index in [1.807, 2.05) is 0 Å². The van der Waals surface area contributed by atoms with Gasteiger partial charge in [0.15, 0.2) is 0 Å². The Labute approximate surface area is 116 Å². The van der Waals surface area contributed by atoms with E-state index in [1.165, 1.54) is 6.07 Å². The molecule has 9 heteroatoms. The highest BCUT2D eigenvalue weighted by molar-refractivity contribution is 9.11. The van der Waals surface area contributed by atoms with E-state index in [2.05, 4.69) is 20.7 Å². The van der Waals surface area contributed by atoms with E-state index >= 15 is 0 Å². The predicted octanol–water partition coefficient (Wildman–Crippen LogP) is 3.52. The zero-order valence-electron chi connectivity index (χ0n) is 9.13. The molecule has 1 rings (SSSR count). The monoisotopic (exact) mass is 365 g/mol. The molecule has 0 spiro atoms. The number of sulfonamides is 1. The summed E-state index contributed by atoms with van der Waals surface area (Å²) in [5.74, 6) is 0. The molecule has 0 atom stereocenters. The maximum absolute atomic E-state index is 11.8. The fourth-order valence-electron chi connectivity index (χ4n) is 1.17. The second-order valence-corrected chi connectivity index (χ2v) is 7.99. The Balaban J connectivity index is 2.35. The molecule has 104 valence electrons. The van der Waals surface area contributed by atoms with Crippen molar-refractivity contribution in [1.29, 1.82) is 0 Å². The van der Waals surface area contributed by atoms with Gasteiger partial charge in [-0.05, 0) is 40.9 Å². The molecule has 0 aliphatic carbocycles. The van der Waals surface area contributed by atoms with Crippen LogP contribution in [-0.4, -0.2) is 21.1 Å². The second-order valence-electron chi connectivity index (χ2n) is 3.53. The van der Waals surface area contributed by atoms with Crippen molar-refractivity contribution in [1.82, 2.24) is 4.72 Å². The number of hydrogen-bond donors (Lipinski definition) is 1. The van der Waals surface area contributed by atoms with E-state index in [0.717, 1.165) is 11.3 Å². The maximum atomic E-state index is 11.8. The molecule has 1 heterocycles. The van der Waals surface area contributed by atoms with Crippen LogP contribution in [0.1, 0.15) is 19.3 Å². The van der Waals surface area contributed by atoms with Crippen molar-refractivity contribution in [2.45, 2.75) is 29.6 Å². The van der Waals surface area contributed by atoms with Crippen LogP contribution in [0.3, 0.4) is 0 Å². The lowest BCUT2D eigenvalue weighted by molar-refractivity contribution is -0.135. The number of rotatable bonds is 6. The quantitative estimate of drug-likeness (QED) is 0.783. The molecule has 3 nitrogen and oxygen atoms in total. The summed E-state index contributed by atoms with van der Waals surface area (Å²) in [5, 5.41) is 0. The molecule has 1 aromatic heterocycles. The molecule has 18 heavy (non-hydrogen) atoms. The number of hydrogen-bond acceptors (Lipinski definition) is 3. The minimum atomic E-state index is -4.18. The Morgan fingerprint density at radius 3 is 2.44 bits per heavy atom. The van der Waals surface area contributed by atoms with Crippen molar-refractivity contribution in [2.75, 3.05) is 6.54 Å². The predicted molar refractivity (Wildman–Crippen MR) is 67.1 cm³/mol. The van der Waals surface area contributed by atoms with Gasteiger partial charge in [-0.15, -0.1) is 11.3 Å². The summed E-state index contributed by atoms with van der Waals surface area (Å²) < 4.78 is 61.9. The van der Waals surface area contributed by atoms with Gasteiger partial charge in [-0.1, -0.05) is 0 Å². The van der Waals surface area contributed by atoms with Crippen LogP contribution >= 0.6 is 27.3 Å². The van der Waals surface area contributed by atoms with E-state index < -0.39 is 22.6 Å². The standard InChI is InChI=1S/C9H11BrF3NO2S2/c10-7-3-4-8(17-7)18(15,16)14-6-2-1-5-9(11,12)13/h3-4,14H,1-2,5-6H2. The van der Waals surface area contributed by atoms with Gasteiger partial charge >= 0.3 is 6.18 Å². The number of thiophene rings is 1. The molecule has 0 aromatic carbocycles. The molecule has 1 N–H and O–H groups in total. The SMILES string of the molecule is O=S(=O)(NCCCCC(F)(F)F)c1ccc(Br)s1. The summed E-state index contributed by atoms with van der Waals surface area (Å²) in [5.41, 5.74) is 0. The highest BCUT2D eigenvalue weighted by atomic mass is 79.9. The zero-order chi connectivity index (χ0) is 13.8. The molecule has 0 aliphatic heterocycles. The van der Waals surface area contributed by atoms with E-state index in [4.69, 9.17) is 0 Å². The summed E-state index contributed by atoms with van der Waals surface area (Å²) in [6.07, 6.45) is -5.00. The summed E-state index contributed by atoms with van der Waals surface area (Å²) in [4.78, 5) is 0. The van der Waals surface area contributed by atoms with Gasteiger partial charge in [-0.2, -0.15) is 13.2 Å². The number of unbranched alkanes of at least 4 members (excludes halogenated alkanes) is 1. The fraction of sp³-hybridized carbons (Fsp3) is 0.556. The lowest BCUT2D eigenvalue weighted by Gasteiger charge is -2.06. The smallest absolute Gasteiger partial charge is 0.210 e. The largest absolute Gasteiger partial charge is 0.389 e. The minimum absolute atomic E-state index is 0.00787. The van der Waals surface area contributed by atoms with Gasteiger partial charge in [0.25, 0.3) is 0 Å². The third-order valence-electron chi connectivity index (χ3n) is 1.99. The summed E-state index contributed by atoms with van der Waals surface area (Å²) >= 11 is 4.19. The van der Waals surface area contributed by atoms with Gasteiger partial charge in [0.2, 0.25) is 10.0 Å². The maximum Gasteiger partial charge on any atom is 0.389 e. The van der Waals surface area contributed by atoms with Crippen molar-refractivity contribution >= 4 is 37.3 Å². The van der Waals surface area contributed by atoms with Gasteiger partial charge in [0.1, 0.15) is 4.21 Å². The van der Waals surface area contributed by atoms with Crippen LogP contribution in [-0.2, 0) is 10.0 Å². The highest BCUT2D eigenvalue weighted by Crippen LogP contribution is 2.26. The summed E-state index contributed by atoms with van der Waals surface area (Å²) in [6, 6.07) is 3.04. The lowest BCUT2D eigenvalue weighted by atomic mass is 10.2. The van der Waals surface area contributed by atoms with Gasteiger partial charge in [0, 0.05) is 13.0 Å². The van der Waals surface area contributed by atoms with E-state index in [9.17, 15) is 21.6 Å². The van der Waals surface area contributed by atoms with Gasteiger partial charge in [-0.3, -0.25) is 0 Å². The lowest BCUT2D eigenvalue weighted by Crippen LogP contribution is -2.24. The average molecular weight is 366 g/mol. The molecule has 0 unspecified atom stereocenters. The number of nitrogens with one attached hydrogen (secondary N) is 1. The van der Waals surface area contributed by atoms with Gasteiger partial charge in [-0.25, -0.2) is 13.1 Å². The molecule has 0 aliphatic rings. The topological polar surface area (TPSA) is 46.2 Å². The molecule has 0 fully saturated rings. The van der Waals surface area contributed by atoms with Crippen LogP contribution in [0.15, 0.2) is 20.1 Å². The second kappa shape index (κ2) is 6.36. The third-order valence-corrected chi connectivity index (χ3v) is 5.57. The van der Waals surface area contributed by atoms with E-state index in [0.29, 0.717) is 3.79 Å². The Morgan fingerprint density at radius 2 is 1.94 bits per heavy atom. The van der Waals surface area contributed by atoms with Crippen LogP contribution in [0.4, 0.5) is 13.2 Å². The molecular weight excluding hydrogens is 355 g/mol. The van der Waals surface area contributed by atoms with E-state index in [1.54, 1.807) is 6.07 Å². The van der Waals surface area contributed by atoms with Crippen LogP contribution < -0.4 is 4.72 Å². The van der Waals surface area contributed by atoms with E-state index in [-0.39, 0.29) is 23.6 Å². The molecule has 0 bridgehead atoms. The fourth-order valence-corrected chi connectivity index (χ4v) is 4.30. The Bertz CT molecular complexity index is 484. The summed E-state index contributed by atoms with van der Waals surface area (Å²) in [7, 11) is -3.60. The highest BCUT2D eigenvalue weighted by Gasteiger charge is 2.26. The van der Waals surface area contributed by atoms with Crippen LogP contribution in [0, 0.1) is 0 Å². The molecule has 0 saturated heterocycles. The first-order valence-electron chi connectivity index (χ1n) is 5.02. The number of halogens is 4. The first kappa shape index (κ1) is 15.9. The number of alkyl halides is 3. The van der Waals surface area contributed by atoms with Crippen molar-refractivity contribution in [3.63, 3.8) is 0 Å². The zero-order valence-corrected chi connectivity index (χ0v) is 12.3. The average Bonchev–Trinajstić information content (AvgIpc) is 2.63. The van der Waals surface area contributed by atoms with Crippen molar-refractivity contribution < 1.29 is 21.6 Å². The molecule has 0 saturated carbocycles. The Kier molecular flexibility index (Phi) is 5.63. The first-order valence-corrected chi connectivity index (χ1v) is 8.12. The van der Waals surface area contributed by atoms with Crippen molar-refractivity contribution in [2.24, 2.45) is 0 Å². The minimum Gasteiger partial charge on any atom is -0.210 e. The van der Waals surface area contributed by atoms with Crippen LogP contribution in [0.25, 0.3) is 0 Å². The van der Waals surface area contributed by atoms with Crippen molar-refractivity contribution in [3.8, 4) is 0 Å². The Hall–Kier alpha value is -0.120. The normalized spacial score (nSPS) is 12.9.